The van der Waals surface area contributed by atoms with Crippen LogP contribution in [0.5, 0.6) is 17.2 Å². The van der Waals surface area contributed by atoms with Gasteiger partial charge in [-0.1, -0.05) is 45.9 Å². The molecule has 0 aliphatic rings. The Morgan fingerprint density at radius 3 is 1.85 bits per heavy atom. The summed E-state index contributed by atoms with van der Waals surface area (Å²) in [5.74, 6) is 1.01. The Morgan fingerprint density at radius 1 is 0.818 bits per heavy atom. The first-order valence-electron chi connectivity index (χ1n) is 11.9. The van der Waals surface area contributed by atoms with Crippen molar-refractivity contribution in [3.05, 3.63) is 59.7 Å². The lowest BCUT2D eigenvalue weighted by Crippen LogP contribution is -2.27. The zero-order valence-corrected chi connectivity index (χ0v) is 20.4. The third kappa shape index (κ3) is 8.91. The number of hydrogen-bond acceptors (Lipinski definition) is 6. The number of allylic oxidation sites excluding steroid dienone is 1. The third-order valence-electron chi connectivity index (χ3n) is 5.68. The van der Waals surface area contributed by atoms with Gasteiger partial charge in [-0.25, -0.2) is 0 Å². The van der Waals surface area contributed by atoms with Gasteiger partial charge in [-0.3, -0.25) is 4.79 Å². The van der Waals surface area contributed by atoms with E-state index in [-0.39, 0.29) is 17.1 Å². The highest BCUT2D eigenvalue weighted by molar-refractivity contribution is 6.08. The molecule has 0 bridgehead atoms. The van der Waals surface area contributed by atoms with Crippen LogP contribution in [0.4, 0.5) is 0 Å². The van der Waals surface area contributed by atoms with Gasteiger partial charge in [0.15, 0.2) is 5.78 Å². The Bertz CT molecular complexity index is 872. The fraction of sp³-hybridized carbons (Fsp3) is 0.444. The van der Waals surface area contributed by atoms with E-state index in [1.807, 2.05) is 24.3 Å². The Kier molecular flexibility index (Phi) is 11.5. The van der Waals surface area contributed by atoms with Crippen molar-refractivity contribution in [3.8, 4) is 17.2 Å². The van der Waals surface area contributed by atoms with E-state index >= 15 is 0 Å². The van der Waals surface area contributed by atoms with Gasteiger partial charge in [0, 0.05) is 19.2 Å². The van der Waals surface area contributed by atoms with Gasteiger partial charge in [0.1, 0.15) is 30.5 Å². The van der Waals surface area contributed by atoms with Crippen LogP contribution in [0.1, 0.15) is 43.6 Å². The minimum Gasteiger partial charge on any atom is -0.507 e. The largest absolute Gasteiger partial charge is 0.507 e. The number of rotatable bonds is 15. The molecule has 2 rings (SSSR count). The highest BCUT2D eigenvalue weighted by atomic mass is 16.5. The molecule has 2 aromatic rings. The number of likely N-dealkylation sites (N-methyl/N-ethyl adjacent to an activating group) is 2. The van der Waals surface area contributed by atoms with E-state index in [1.54, 1.807) is 18.2 Å². The van der Waals surface area contributed by atoms with Gasteiger partial charge in [-0.15, -0.1) is 0 Å². The molecular weight excluding hydrogens is 416 g/mol. The van der Waals surface area contributed by atoms with Crippen molar-refractivity contribution < 1.29 is 19.4 Å². The molecule has 0 saturated heterocycles. The maximum absolute atomic E-state index is 12.5. The van der Waals surface area contributed by atoms with Crippen LogP contribution in [0, 0.1) is 0 Å². The van der Waals surface area contributed by atoms with Crippen LogP contribution >= 0.6 is 0 Å². The number of nitrogens with zero attached hydrogens (tertiary/aromatic N) is 2. The number of ether oxygens (including phenoxy) is 2. The van der Waals surface area contributed by atoms with Crippen LogP contribution in [0.3, 0.4) is 0 Å². The van der Waals surface area contributed by atoms with Gasteiger partial charge in [-0.2, -0.15) is 0 Å². The van der Waals surface area contributed by atoms with Gasteiger partial charge < -0.3 is 24.4 Å². The first-order chi connectivity index (χ1) is 16.0. The zero-order valence-electron chi connectivity index (χ0n) is 20.4. The number of phenols is 1. The molecule has 0 atom stereocenters. The summed E-state index contributed by atoms with van der Waals surface area (Å²) in [6.07, 6.45) is 3.20. The van der Waals surface area contributed by atoms with Crippen molar-refractivity contribution >= 4 is 11.9 Å². The van der Waals surface area contributed by atoms with Crippen LogP contribution in [-0.2, 0) is 0 Å². The van der Waals surface area contributed by atoms with Crippen LogP contribution in [0.25, 0.3) is 6.08 Å². The second-order valence-corrected chi connectivity index (χ2v) is 7.70. The number of carbonyl (C=O) groups excluding carboxylic acids is 1. The van der Waals surface area contributed by atoms with E-state index in [2.05, 4.69) is 37.5 Å². The number of aromatic hydroxyl groups is 1. The lowest BCUT2D eigenvalue weighted by molar-refractivity contribution is 0.104. The maximum atomic E-state index is 12.5. The molecule has 33 heavy (non-hydrogen) atoms. The van der Waals surface area contributed by atoms with E-state index in [4.69, 9.17) is 9.47 Å². The van der Waals surface area contributed by atoms with Gasteiger partial charge in [0.2, 0.25) is 0 Å². The van der Waals surface area contributed by atoms with Crippen molar-refractivity contribution in [2.24, 2.45) is 0 Å². The second-order valence-electron chi connectivity index (χ2n) is 7.70. The molecule has 0 aromatic heterocycles. The molecule has 0 aliphatic carbocycles. The Balaban J connectivity index is 1.87. The molecule has 180 valence electrons. The molecule has 0 spiro atoms. The van der Waals surface area contributed by atoms with Crippen LogP contribution in [-0.4, -0.2) is 73.2 Å². The van der Waals surface area contributed by atoms with Crippen molar-refractivity contribution in [2.45, 2.75) is 27.7 Å². The summed E-state index contributed by atoms with van der Waals surface area (Å²) in [7, 11) is 0. The first-order valence-corrected chi connectivity index (χ1v) is 11.9. The molecule has 0 amide bonds. The third-order valence-corrected chi connectivity index (χ3v) is 5.68. The van der Waals surface area contributed by atoms with Crippen LogP contribution < -0.4 is 9.47 Å². The van der Waals surface area contributed by atoms with Crippen molar-refractivity contribution in [1.29, 1.82) is 0 Å². The fourth-order valence-electron chi connectivity index (χ4n) is 3.41. The van der Waals surface area contributed by atoms with Gasteiger partial charge in [-0.05, 0) is 62.1 Å². The Morgan fingerprint density at radius 2 is 1.33 bits per heavy atom. The molecule has 0 fully saturated rings. The average molecular weight is 455 g/mol. The topological polar surface area (TPSA) is 62.2 Å². The minimum atomic E-state index is -0.262. The van der Waals surface area contributed by atoms with Crippen molar-refractivity contribution in [1.82, 2.24) is 9.80 Å². The monoisotopic (exact) mass is 454 g/mol. The highest BCUT2D eigenvalue weighted by Gasteiger charge is 2.10. The van der Waals surface area contributed by atoms with Crippen LogP contribution in [0.2, 0.25) is 0 Å². The lowest BCUT2D eigenvalue weighted by atomic mass is 10.1. The molecule has 0 unspecified atom stereocenters. The van der Waals surface area contributed by atoms with Crippen molar-refractivity contribution in [3.63, 3.8) is 0 Å². The molecule has 0 radical (unpaired) electrons. The fourth-order valence-corrected chi connectivity index (χ4v) is 3.41. The Hall–Kier alpha value is -2.83. The number of phenolic OH excluding ortho intramolecular Hbond substituents is 1. The molecule has 0 aliphatic heterocycles. The van der Waals surface area contributed by atoms with E-state index in [0.29, 0.717) is 19.0 Å². The highest BCUT2D eigenvalue weighted by Crippen LogP contribution is 2.24. The minimum absolute atomic E-state index is 0.0815. The number of hydrogen-bond donors (Lipinski definition) is 1. The smallest absolute Gasteiger partial charge is 0.189 e. The molecule has 6 heteroatoms. The summed E-state index contributed by atoms with van der Waals surface area (Å²) < 4.78 is 11.5. The summed E-state index contributed by atoms with van der Waals surface area (Å²) >= 11 is 0. The normalized spacial score (nSPS) is 11.5. The predicted molar refractivity (Wildman–Crippen MR) is 134 cm³/mol. The summed E-state index contributed by atoms with van der Waals surface area (Å²) in [5, 5.41) is 10.3. The van der Waals surface area contributed by atoms with Gasteiger partial charge in [0.05, 0.1) is 5.56 Å². The zero-order chi connectivity index (χ0) is 24.1. The molecule has 6 nitrogen and oxygen atoms in total. The quantitative estimate of drug-likeness (QED) is 0.310. The summed E-state index contributed by atoms with van der Waals surface area (Å²) in [4.78, 5) is 17.1. The van der Waals surface area contributed by atoms with Gasteiger partial charge in [0.25, 0.3) is 0 Å². The molecule has 0 saturated carbocycles. The molecular formula is C27H38N2O4. The molecule has 2 aromatic carbocycles. The number of carbonyl (C=O) groups is 1. The number of ketones is 1. The second kappa shape index (κ2) is 14.3. The lowest BCUT2D eigenvalue weighted by Gasteiger charge is -2.18. The molecule has 1 N–H and O–H groups in total. The average Bonchev–Trinajstić information content (AvgIpc) is 2.84. The first kappa shape index (κ1) is 26.4. The predicted octanol–water partition coefficient (Wildman–Crippen LogP) is 4.73. The van der Waals surface area contributed by atoms with Crippen LogP contribution in [0.15, 0.2) is 48.5 Å². The molecule has 0 heterocycles. The summed E-state index contributed by atoms with van der Waals surface area (Å²) in [6, 6.07) is 12.4. The van der Waals surface area contributed by atoms with E-state index in [9.17, 15) is 9.90 Å². The SMILES string of the molecule is CCN(CC)CCOc1ccc(/C=C/C(=O)c2ccc(OCCN(CC)CC)cc2O)cc1. The van der Waals surface area contributed by atoms with Crippen molar-refractivity contribution in [2.75, 3.05) is 52.5 Å². The number of benzene rings is 2. The van der Waals surface area contributed by atoms with E-state index in [1.165, 1.54) is 12.1 Å². The van der Waals surface area contributed by atoms with E-state index < -0.39 is 0 Å². The van der Waals surface area contributed by atoms with E-state index in [0.717, 1.165) is 50.6 Å². The summed E-state index contributed by atoms with van der Waals surface area (Å²) in [6.45, 7) is 15.4. The summed E-state index contributed by atoms with van der Waals surface area (Å²) in [5.41, 5.74) is 1.13. The maximum Gasteiger partial charge on any atom is 0.189 e. The Labute approximate surface area is 198 Å². The standard InChI is InChI=1S/C27H38N2O4/c1-5-28(6-2)17-19-32-23-12-9-22(10-13-23)11-16-26(30)25-15-14-24(21-27(25)31)33-20-18-29(7-3)8-4/h9-16,21,31H,5-8,17-20H2,1-4H3/b16-11+. The van der Waals surface area contributed by atoms with Gasteiger partial charge >= 0.3 is 0 Å².